The zero-order valence-corrected chi connectivity index (χ0v) is 12.2. The van der Waals surface area contributed by atoms with E-state index in [1.807, 2.05) is 0 Å². The van der Waals surface area contributed by atoms with Crippen LogP contribution >= 0.6 is 0 Å². The van der Waals surface area contributed by atoms with Crippen LogP contribution in [0, 0.1) is 0 Å². The third kappa shape index (κ3) is 15.3. The summed E-state index contributed by atoms with van der Waals surface area (Å²) in [6.45, 7) is 5.04. The summed E-state index contributed by atoms with van der Waals surface area (Å²) in [6.07, 6.45) is 6.22. The third-order valence-corrected chi connectivity index (χ3v) is 2.61. The van der Waals surface area contributed by atoms with E-state index >= 15 is 0 Å². The van der Waals surface area contributed by atoms with Gasteiger partial charge in [0.25, 0.3) is 0 Å². The van der Waals surface area contributed by atoms with Crippen molar-refractivity contribution < 1.29 is 19.0 Å². The Morgan fingerprint density at radius 2 is 1.53 bits per heavy atom. The van der Waals surface area contributed by atoms with E-state index in [4.69, 9.17) is 19.9 Å². The Bertz CT molecular complexity index is 200. The number of ether oxygens (including phenoxy) is 3. The molecule has 0 aromatic heterocycles. The number of carbonyl (C=O) groups excluding carboxylic acids is 1. The van der Waals surface area contributed by atoms with Gasteiger partial charge in [0.15, 0.2) is 0 Å². The zero-order chi connectivity index (χ0) is 14.2. The summed E-state index contributed by atoms with van der Waals surface area (Å²) in [6, 6.07) is 0. The normalized spacial score (nSPS) is 10.6. The molecule has 5 nitrogen and oxygen atoms in total. The van der Waals surface area contributed by atoms with Crippen LogP contribution in [0.2, 0.25) is 0 Å². The van der Waals surface area contributed by atoms with Crippen LogP contribution in [0.4, 0.5) is 0 Å². The Kier molecular flexibility index (Phi) is 14.9. The van der Waals surface area contributed by atoms with Crippen LogP contribution in [-0.4, -0.2) is 45.5 Å². The quantitative estimate of drug-likeness (QED) is 0.387. The Labute approximate surface area is 116 Å². The number of esters is 1. The molecule has 0 aromatic carbocycles. The molecular weight excluding hydrogens is 246 g/mol. The summed E-state index contributed by atoms with van der Waals surface area (Å²) in [5.41, 5.74) is 5.27. The van der Waals surface area contributed by atoms with Gasteiger partial charge < -0.3 is 19.9 Å². The molecule has 0 amide bonds. The highest BCUT2D eigenvalue weighted by molar-refractivity contribution is 5.69. The molecule has 0 aliphatic rings. The second kappa shape index (κ2) is 15.4. The fraction of sp³-hybridized carbons (Fsp3) is 0.929. The maximum atomic E-state index is 11.3. The monoisotopic (exact) mass is 275 g/mol. The van der Waals surface area contributed by atoms with E-state index in [2.05, 4.69) is 6.92 Å². The lowest BCUT2D eigenvalue weighted by Crippen LogP contribution is -2.14. The first-order valence-electron chi connectivity index (χ1n) is 7.32. The number of nitrogens with two attached hydrogens (primary N) is 1. The van der Waals surface area contributed by atoms with Gasteiger partial charge in [0.1, 0.15) is 6.61 Å². The van der Waals surface area contributed by atoms with Crippen LogP contribution in [-0.2, 0) is 19.0 Å². The largest absolute Gasteiger partial charge is 0.463 e. The molecule has 0 bridgehead atoms. The van der Waals surface area contributed by atoms with Crippen LogP contribution in [0.3, 0.4) is 0 Å². The van der Waals surface area contributed by atoms with E-state index < -0.39 is 0 Å². The summed E-state index contributed by atoms with van der Waals surface area (Å²) in [5, 5.41) is 0. The number of rotatable bonds is 14. The molecule has 0 aliphatic carbocycles. The molecule has 0 spiro atoms. The number of hydrogen-bond donors (Lipinski definition) is 1. The minimum Gasteiger partial charge on any atom is -0.463 e. The maximum absolute atomic E-state index is 11.3. The lowest BCUT2D eigenvalue weighted by atomic mass is 10.1. The van der Waals surface area contributed by atoms with Crippen LogP contribution < -0.4 is 5.73 Å². The van der Waals surface area contributed by atoms with Crippen molar-refractivity contribution in [3.63, 3.8) is 0 Å². The summed E-state index contributed by atoms with van der Waals surface area (Å²) >= 11 is 0. The van der Waals surface area contributed by atoms with Crippen LogP contribution in [0.15, 0.2) is 0 Å². The van der Waals surface area contributed by atoms with Gasteiger partial charge >= 0.3 is 5.97 Å². The van der Waals surface area contributed by atoms with E-state index in [-0.39, 0.29) is 5.97 Å². The van der Waals surface area contributed by atoms with Crippen molar-refractivity contribution in [3.8, 4) is 0 Å². The topological polar surface area (TPSA) is 70.8 Å². The van der Waals surface area contributed by atoms with E-state index in [9.17, 15) is 4.79 Å². The Hall–Kier alpha value is -0.650. The van der Waals surface area contributed by atoms with E-state index in [0.717, 1.165) is 12.8 Å². The number of unbranched alkanes of at least 4 members (excludes halogenated alkanes) is 4. The first-order valence-corrected chi connectivity index (χ1v) is 7.32. The smallest absolute Gasteiger partial charge is 0.305 e. The minimum absolute atomic E-state index is 0.125. The van der Waals surface area contributed by atoms with E-state index in [0.29, 0.717) is 46.0 Å². The highest BCUT2D eigenvalue weighted by atomic mass is 16.6. The molecule has 0 saturated heterocycles. The van der Waals surface area contributed by atoms with Crippen molar-refractivity contribution in [1.29, 1.82) is 0 Å². The van der Waals surface area contributed by atoms with Crippen molar-refractivity contribution >= 4 is 5.97 Å². The van der Waals surface area contributed by atoms with Gasteiger partial charge in [-0.15, -0.1) is 0 Å². The molecule has 0 heterocycles. The summed E-state index contributed by atoms with van der Waals surface area (Å²) < 4.78 is 15.4. The van der Waals surface area contributed by atoms with Crippen molar-refractivity contribution in [2.45, 2.75) is 45.4 Å². The lowest BCUT2D eigenvalue weighted by molar-refractivity contribution is -0.145. The maximum Gasteiger partial charge on any atom is 0.305 e. The first-order chi connectivity index (χ1) is 9.31. The molecule has 0 radical (unpaired) electrons. The number of carbonyl (C=O) groups is 1. The van der Waals surface area contributed by atoms with Crippen molar-refractivity contribution in [1.82, 2.24) is 0 Å². The van der Waals surface area contributed by atoms with Crippen LogP contribution in [0.1, 0.15) is 45.4 Å². The average molecular weight is 275 g/mol. The molecule has 0 atom stereocenters. The second-order valence-electron chi connectivity index (χ2n) is 4.40. The fourth-order valence-electron chi connectivity index (χ4n) is 1.56. The summed E-state index contributed by atoms with van der Waals surface area (Å²) in [5.74, 6) is -0.125. The Morgan fingerprint density at radius 3 is 2.21 bits per heavy atom. The fourth-order valence-corrected chi connectivity index (χ4v) is 1.56. The Morgan fingerprint density at radius 1 is 0.895 bits per heavy atom. The SMILES string of the molecule is CCCCCCCC(=O)OCCOCCOCCN. The van der Waals surface area contributed by atoms with Gasteiger partial charge in [-0.25, -0.2) is 0 Å². The van der Waals surface area contributed by atoms with Gasteiger partial charge in [-0.3, -0.25) is 4.79 Å². The molecule has 0 unspecified atom stereocenters. The molecular formula is C14H29NO4. The molecule has 0 fully saturated rings. The minimum atomic E-state index is -0.125. The number of hydrogen-bond acceptors (Lipinski definition) is 5. The molecule has 0 aromatic rings. The van der Waals surface area contributed by atoms with Crippen molar-refractivity contribution in [2.75, 3.05) is 39.6 Å². The van der Waals surface area contributed by atoms with E-state index in [1.54, 1.807) is 0 Å². The van der Waals surface area contributed by atoms with Crippen molar-refractivity contribution in [3.05, 3.63) is 0 Å². The molecule has 0 aliphatic heterocycles. The van der Waals surface area contributed by atoms with Crippen LogP contribution in [0.25, 0.3) is 0 Å². The molecule has 0 rings (SSSR count). The second-order valence-corrected chi connectivity index (χ2v) is 4.40. The van der Waals surface area contributed by atoms with Gasteiger partial charge in [-0.2, -0.15) is 0 Å². The van der Waals surface area contributed by atoms with Gasteiger partial charge in [0.2, 0.25) is 0 Å². The predicted molar refractivity (Wildman–Crippen MR) is 75.0 cm³/mol. The zero-order valence-electron chi connectivity index (χ0n) is 12.2. The summed E-state index contributed by atoms with van der Waals surface area (Å²) in [4.78, 5) is 11.3. The molecule has 5 heteroatoms. The van der Waals surface area contributed by atoms with E-state index in [1.165, 1.54) is 19.3 Å². The van der Waals surface area contributed by atoms with Gasteiger partial charge in [0.05, 0.1) is 26.4 Å². The van der Waals surface area contributed by atoms with Crippen molar-refractivity contribution in [2.24, 2.45) is 5.73 Å². The lowest BCUT2D eigenvalue weighted by Gasteiger charge is -2.06. The predicted octanol–water partition coefficient (Wildman–Crippen LogP) is 1.88. The highest BCUT2D eigenvalue weighted by Crippen LogP contribution is 2.05. The summed E-state index contributed by atoms with van der Waals surface area (Å²) in [7, 11) is 0. The van der Waals surface area contributed by atoms with Gasteiger partial charge in [-0.05, 0) is 6.42 Å². The Balaban J connectivity index is 3.12. The van der Waals surface area contributed by atoms with Crippen LogP contribution in [0.5, 0.6) is 0 Å². The average Bonchev–Trinajstić information content (AvgIpc) is 2.41. The molecule has 19 heavy (non-hydrogen) atoms. The first kappa shape index (κ1) is 18.4. The van der Waals surface area contributed by atoms with Gasteiger partial charge in [0, 0.05) is 13.0 Å². The highest BCUT2D eigenvalue weighted by Gasteiger charge is 2.02. The van der Waals surface area contributed by atoms with Gasteiger partial charge in [-0.1, -0.05) is 32.6 Å². The molecule has 114 valence electrons. The molecule has 0 saturated carbocycles. The standard InChI is InChI=1S/C14H29NO4/c1-2-3-4-5-6-7-14(16)19-13-12-18-11-10-17-9-8-15/h2-13,15H2,1H3. The third-order valence-electron chi connectivity index (χ3n) is 2.61. The molecule has 2 N–H and O–H groups in total.